The van der Waals surface area contributed by atoms with Crippen molar-refractivity contribution in [3.05, 3.63) is 36.8 Å². The van der Waals surface area contributed by atoms with E-state index in [2.05, 4.69) is 9.97 Å². The summed E-state index contributed by atoms with van der Waals surface area (Å²) in [5.74, 6) is 1.31. The second-order valence-corrected chi connectivity index (χ2v) is 7.69. The summed E-state index contributed by atoms with van der Waals surface area (Å²) < 4.78 is 43.6. The molecule has 1 fully saturated rings. The second-order valence-electron chi connectivity index (χ2n) is 5.79. The highest BCUT2D eigenvalue weighted by Gasteiger charge is 2.32. The molecule has 1 aliphatic heterocycles. The van der Waals surface area contributed by atoms with Gasteiger partial charge in [0.05, 0.1) is 14.2 Å². The van der Waals surface area contributed by atoms with E-state index in [0.717, 1.165) is 0 Å². The molecule has 0 spiro atoms. The number of sulfonamides is 1. The third kappa shape index (κ3) is 3.88. The Balaban J connectivity index is 1.70. The van der Waals surface area contributed by atoms with E-state index < -0.39 is 10.0 Å². The Bertz CT molecular complexity index is 837. The normalized spacial score (nSPS) is 16.2. The molecule has 0 unspecified atom stereocenters. The lowest BCUT2D eigenvalue weighted by Gasteiger charge is -2.31. The molecule has 3 rings (SSSR count). The molecule has 8 nitrogen and oxygen atoms in total. The van der Waals surface area contributed by atoms with Crippen molar-refractivity contribution in [3.63, 3.8) is 0 Å². The van der Waals surface area contributed by atoms with Crippen molar-refractivity contribution in [1.82, 2.24) is 14.3 Å². The molecule has 1 aromatic heterocycles. The molecule has 0 amide bonds. The molecule has 0 radical (unpaired) electrons. The topological polar surface area (TPSA) is 90.9 Å². The van der Waals surface area contributed by atoms with Gasteiger partial charge in [-0.05, 0) is 25.0 Å². The highest BCUT2D eigenvalue weighted by Crippen LogP contribution is 2.32. The number of hydrogen-bond acceptors (Lipinski definition) is 7. The first-order valence-electron chi connectivity index (χ1n) is 8.19. The molecule has 0 N–H and O–H groups in total. The van der Waals surface area contributed by atoms with E-state index in [9.17, 15) is 8.42 Å². The zero-order chi connectivity index (χ0) is 18.6. The van der Waals surface area contributed by atoms with Crippen LogP contribution in [0.1, 0.15) is 12.8 Å². The second kappa shape index (κ2) is 7.88. The van der Waals surface area contributed by atoms with Gasteiger partial charge >= 0.3 is 0 Å². The zero-order valence-corrected chi connectivity index (χ0v) is 15.5. The van der Waals surface area contributed by atoms with E-state index in [1.54, 1.807) is 24.4 Å². The van der Waals surface area contributed by atoms with Crippen molar-refractivity contribution in [3.8, 4) is 17.4 Å². The Hall–Kier alpha value is -2.39. The molecule has 2 heterocycles. The van der Waals surface area contributed by atoms with Crippen LogP contribution in [0.5, 0.6) is 17.4 Å². The number of aromatic nitrogens is 2. The predicted molar refractivity (Wildman–Crippen MR) is 94.0 cm³/mol. The first-order chi connectivity index (χ1) is 12.5. The lowest BCUT2D eigenvalue weighted by atomic mass is 10.1. The zero-order valence-electron chi connectivity index (χ0n) is 14.7. The van der Waals surface area contributed by atoms with Gasteiger partial charge in [-0.25, -0.2) is 18.4 Å². The van der Waals surface area contributed by atoms with Crippen LogP contribution in [0.3, 0.4) is 0 Å². The molecule has 9 heteroatoms. The Kier molecular flexibility index (Phi) is 5.58. The smallest absolute Gasteiger partial charge is 0.246 e. The van der Waals surface area contributed by atoms with Crippen LogP contribution in [0.2, 0.25) is 0 Å². The molecule has 2 aromatic rings. The summed E-state index contributed by atoms with van der Waals surface area (Å²) in [7, 11) is -0.695. The van der Waals surface area contributed by atoms with E-state index in [1.807, 2.05) is 0 Å². The lowest BCUT2D eigenvalue weighted by molar-refractivity contribution is 0.129. The monoisotopic (exact) mass is 379 g/mol. The van der Waals surface area contributed by atoms with Crippen LogP contribution in [-0.4, -0.2) is 56.1 Å². The summed E-state index contributed by atoms with van der Waals surface area (Å²) in [5.41, 5.74) is 0. The SMILES string of the molecule is COc1ccc(S(=O)(=O)N2CCC(Oc3ccncn3)CC2)c(OC)c1. The molecule has 1 aliphatic rings. The van der Waals surface area contributed by atoms with Crippen LogP contribution < -0.4 is 14.2 Å². The van der Waals surface area contributed by atoms with Gasteiger partial charge in [0.25, 0.3) is 0 Å². The largest absolute Gasteiger partial charge is 0.497 e. The van der Waals surface area contributed by atoms with Crippen LogP contribution >= 0.6 is 0 Å². The summed E-state index contributed by atoms with van der Waals surface area (Å²) in [5, 5.41) is 0. The molecule has 0 atom stereocenters. The maximum atomic E-state index is 13.0. The maximum absolute atomic E-state index is 13.0. The van der Waals surface area contributed by atoms with Gasteiger partial charge in [0, 0.05) is 31.4 Å². The summed E-state index contributed by atoms with van der Waals surface area (Å²) in [6.45, 7) is 0.737. The average Bonchev–Trinajstić information content (AvgIpc) is 2.68. The molecular weight excluding hydrogens is 358 g/mol. The number of nitrogens with zero attached hydrogens (tertiary/aromatic N) is 3. The number of benzene rings is 1. The fourth-order valence-corrected chi connectivity index (χ4v) is 4.44. The van der Waals surface area contributed by atoms with Crippen LogP contribution in [0, 0.1) is 0 Å². The fourth-order valence-electron chi connectivity index (χ4n) is 2.84. The third-order valence-electron chi connectivity index (χ3n) is 4.23. The van der Waals surface area contributed by atoms with Gasteiger partial charge in [-0.2, -0.15) is 4.31 Å². The molecule has 1 aromatic carbocycles. The number of ether oxygens (including phenoxy) is 3. The Morgan fingerprint density at radius 3 is 2.50 bits per heavy atom. The summed E-state index contributed by atoms with van der Waals surface area (Å²) in [6.07, 6.45) is 4.13. The molecule has 140 valence electrons. The van der Waals surface area contributed by atoms with Crippen molar-refractivity contribution in [2.24, 2.45) is 0 Å². The van der Waals surface area contributed by atoms with Crippen molar-refractivity contribution >= 4 is 10.0 Å². The minimum Gasteiger partial charge on any atom is -0.497 e. The summed E-state index contributed by atoms with van der Waals surface area (Å²) >= 11 is 0. The van der Waals surface area contributed by atoms with Gasteiger partial charge in [0.15, 0.2) is 0 Å². The van der Waals surface area contributed by atoms with E-state index in [-0.39, 0.29) is 16.7 Å². The van der Waals surface area contributed by atoms with Crippen molar-refractivity contribution in [2.45, 2.75) is 23.8 Å². The van der Waals surface area contributed by atoms with Crippen molar-refractivity contribution < 1.29 is 22.6 Å². The van der Waals surface area contributed by atoms with Gasteiger partial charge in [-0.15, -0.1) is 0 Å². The Morgan fingerprint density at radius 2 is 1.88 bits per heavy atom. The van der Waals surface area contributed by atoms with Crippen LogP contribution in [-0.2, 0) is 10.0 Å². The van der Waals surface area contributed by atoms with Gasteiger partial charge < -0.3 is 14.2 Å². The number of rotatable bonds is 6. The predicted octanol–water partition coefficient (Wildman–Crippen LogP) is 1.73. The summed E-state index contributed by atoms with van der Waals surface area (Å²) in [6, 6.07) is 6.38. The minimum atomic E-state index is -3.65. The minimum absolute atomic E-state index is 0.0749. The number of hydrogen-bond donors (Lipinski definition) is 0. The molecule has 0 aliphatic carbocycles. The Morgan fingerprint density at radius 1 is 1.12 bits per heavy atom. The number of methoxy groups -OCH3 is 2. The quantitative estimate of drug-likeness (QED) is 0.755. The van der Waals surface area contributed by atoms with Crippen molar-refractivity contribution in [2.75, 3.05) is 27.3 Å². The van der Waals surface area contributed by atoms with Crippen LogP contribution in [0.15, 0.2) is 41.7 Å². The van der Waals surface area contributed by atoms with Crippen molar-refractivity contribution in [1.29, 1.82) is 0 Å². The van der Waals surface area contributed by atoms with E-state index in [4.69, 9.17) is 14.2 Å². The highest BCUT2D eigenvalue weighted by molar-refractivity contribution is 7.89. The molecular formula is C17H21N3O5S. The Labute approximate surface area is 152 Å². The first-order valence-corrected chi connectivity index (χ1v) is 9.63. The van der Waals surface area contributed by atoms with E-state index >= 15 is 0 Å². The van der Waals surface area contributed by atoms with Gasteiger partial charge in [-0.1, -0.05) is 0 Å². The maximum Gasteiger partial charge on any atom is 0.246 e. The molecule has 26 heavy (non-hydrogen) atoms. The summed E-state index contributed by atoms with van der Waals surface area (Å²) in [4.78, 5) is 8.01. The van der Waals surface area contributed by atoms with Gasteiger partial charge in [-0.3, -0.25) is 0 Å². The van der Waals surface area contributed by atoms with Crippen LogP contribution in [0.25, 0.3) is 0 Å². The molecule has 1 saturated heterocycles. The van der Waals surface area contributed by atoms with E-state index in [1.165, 1.54) is 30.9 Å². The lowest BCUT2D eigenvalue weighted by Crippen LogP contribution is -2.41. The molecule has 0 saturated carbocycles. The average molecular weight is 379 g/mol. The van der Waals surface area contributed by atoms with E-state index in [0.29, 0.717) is 37.6 Å². The fraction of sp³-hybridized carbons (Fsp3) is 0.412. The van der Waals surface area contributed by atoms with Gasteiger partial charge in [0.1, 0.15) is 28.8 Å². The molecule has 0 bridgehead atoms. The first kappa shape index (κ1) is 18.4. The highest BCUT2D eigenvalue weighted by atomic mass is 32.2. The number of piperidine rings is 1. The van der Waals surface area contributed by atoms with Crippen LogP contribution in [0.4, 0.5) is 0 Å². The van der Waals surface area contributed by atoms with Gasteiger partial charge in [0.2, 0.25) is 15.9 Å². The third-order valence-corrected chi connectivity index (χ3v) is 6.17. The standard InChI is InChI=1S/C17H21N3O5S/c1-23-14-3-4-16(15(11-14)24-2)26(21,22)20-9-6-13(7-10-20)25-17-5-8-18-12-19-17/h3-5,8,11-13H,6-7,9-10H2,1-2H3.